The fraction of sp³-hybridized carbons (Fsp3) is 0.400. The Labute approximate surface area is 83.2 Å². The number of thioether (sulfide) groups is 1. The summed E-state index contributed by atoms with van der Waals surface area (Å²) >= 11 is 1.63. The van der Waals surface area contributed by atoms with Gasteiger partial charge < -0.3 is 9.47 Å². The molecule has 0 heterocycles. The lowest BCUT2D eigenvalue weighted by atomic mass is 10.2. The van der Waals surface area contributed by atoms with Crippen molar-refractivity contribution in [1.29, 1.82) is 0 Å². The number of aryl methyl sites for hydroxylation is 1. The largest absolute Gasteiger partial charge is 0.495 e. The number of ether oxygens (including phenoxy) is 2. The Hall–Kier alpha value is -0.830. The van der Waals surface area contributed by atoms with E-state index in [4.69, 9.17) is 9.47 Å². The second-order valence-electron chi connectivity index (χ2n) is 2.70. The Balaban J connectivity index is 3.25. The minimum absolute atomic E-state index is 0.879. The van der Waals surface area contributed by atoms with E-state index in [9.17, 15) is 0 Å². The number of methoxy groups -OCH3 is 2. The molecule has 1 rings (SSSR count). The summed E-state index contributed by atoms with van der Waals surface area (Å²) in [5, 5.41) is 0. The van der Waals surface area contributed by atoms with E-state index in [-0.39, 0.29) is 0 Å². The molecule has 0 aliphatic carbocycles. The number of rotatable bonds is 3. The highest BCUT2D eigenvalue weighted by Crippen LogP contribution is 2.37. The van der Waals surface area contributed by atoms with Gasteiger partial charge in [-0.25, -0.2) is 0 Å². The maximum atomic E-state index is 5.26. The minimum Gasteiger partial charge on any atom is -0.495 e. The van der Waals surface area contributed by atoms with Crippen molar-refractivity contribution in [3.05, 3.63) is 17.7 Å². The summed E-state index contributed by atoms with van der Waals surface area (Å²) in [5.74, 6) is 1.76. The number of hydrogen-bond donors (Lipinski definition) is 0. The Morgan fingerprint density at radius 3 is 1.85 bits per heavy atom. The van der Waals surface area contributed by atoms with Crippen molar-refractivity contribution >= 4 is 11.8 Å². The molecule has 0 aliphatic heterocycles. The van der Waals surface area contributed by atoms with Gasteiger partial charge in [-0.1, -0.05) is 0 Å². The average molecular weight is 198 g/mol. The SMILES string of the molecule is COc1cc(C)cc(OC)c1SC. The molecule has 0 N–H and O–H groups in total. The second-order valence-corrected chi connectivity index (χ2v) is 3.52. The van der Waals surface area contributed by atoms with Gasteiger partial charge in [0.05, 0.1) is 19.1 Å². The molecule has 0 aliphatic rings. The molecule has 0 spiro atoms. The van der Waals surface area contributed by atoms with Crippen LogP contribution in [0.3, 0.4) is 0 Å². The molecular weight excluding hydrogens is 184 g/mol. The third kappa shape index (κ3) is 2.10. The zero-order chi connectivity index (χ0) is 9.84. The Morgan fingerprint density at radius 2 is 1.54 bits per heavy atom. The lowest BCUT2D eigenvalue weighted by molar-refractivity contribution is 0.376. The molecule has 1 aromatic carbocycles. The zero-order valence-corrected chi connectivity index (χ0v) is 9.20. The molecular formula is C10H14O2S. The summed E-state index contributed by atoms with van der Waals surface area (Å²) in [5.41, 5.74) is 1.14. The Bertz CT molecular complexity index is 272. The highest BCUT2D eigenvalue weighted by Gasteiger charge is 2.09. The summed E-state index contributed by atoms with van der Waals surface area (Å²) in [7, 11) is 3.35. The van der Waals surface area contributed by atoms with Gasteiger partial charge in [-0.2, -0.15) is 0 Å². The summed E-state index contributed by atoms with van der Waals surface area (Å²) in [6.45, 7) is 2.02. The average Bonchev–Trinajstić information content (AvgIpc) is 2.16. The van der Waals surface area contributed by atoms with Crippen molar-refractivity contribution in [2.24, 2.45) is 0 Å². The van der Waals surface area contributed by atoms with Crippen LogP contribution in [0.25, 0.3) is 0 Å². The summed E-state index contributed by atoms with van der Waals surface area (Å²) < 4.78 is 10.5. The number of benzene rings is 1. The van der Waals surface area contributed by atoms with Crippen LogP contribution in [-0.2, 0) is 0 Å². The van der Waals surface area contributed by atoms with Crippen LogP contribution in [0.2, 0.25) is 0 Å². The molecule has 3 heteroatoms. The van der Waals surface area contributed by atoms with Crippen LogP contribution in [0, 0.1) is 6.92 Å². The van der Waals surface area contributed by atoms with Crippen molar-refractivity contribution < 1.29 is 9.47 Å². The molecule has 13 heavy (non-hydrogen) atoms. The normalized spacial score (nSPS) is 9.85. The van der Waals surface area contributed by atoms with Crippen molar-refractivity contribution in [3.8, 4) is 11.5 Å². The highest BCUT2D eigenvalue weighted by molar-refractivity contribution is 7.98. The molecule has 1 aromatic rings. The zero-order valence-electron chi connectivity index (χ0n) is 8.38. The van der Waals surface area contributed by atoms with E-state index in [1.54, 1.807) is 26.0 Å². The van der Waals surface area contributed by atoms with Gasteiger partial charge in [-0.05, 0) is 30.9 Å². The van der Waals surface area contributed by atoms with E-state index in [1.165, 1.54) is 0 Å². The molecule has 0 atom stereocenters. The fourth-order valence-electron chi connectivity index (χ4n) is 1.21. The number of hydrogen-bond acceptors (Lipinski definition) is 3. The maximum absolute atomic E-state index is 5.26. The van der Waals surface area contributed by atoms with E-state index < -0.39 is 0 Å². The topological polar surface area (TPSA) is 18.5 Å². The monoisotopic (exact) mass is 198 g/mol. The summed E-state index contributed by atoms with van der Waals surface area (Å²) in [4.78, 5) is 1.05. The molecule has 2 nitrogen and oxygen atoms in total. The quantitative estimate of drug-likeness (QED) is 0.696. The maximum Gasteiger partial charge on any atom is 0.136 e. The molecule has 0 unspecified atom stereocenters. The van der Waals surface area contributed by atoms with E-state index >= 15 is 0 Å². The van der Waals surface area contributed by atoms with Crippen molar-refractivity contribution in [2.75, 3.05) is 20.5 Å². The van der Waals surface area contributed by atoms with E-state index in [0.29, 0.717) is 0 Å². The standard InChI is InChI=1S/C10H14O2S/c1-7-5-8(11-2)10(13-4)9(6-7)12-3/h5-6H,1-4H3. The highest BCUT2D eigenvalue weighted by atomic mass is 32.2. The molecule has 0 saturated carbocycles. The first-order valence-corrected chi connectivity index (χ1v) is 5.22. The minimum atomic E-state index is 0.879. The first-order valence-electron chi connectivity index (χ1n) is 3.99. The van der Waals surface area contributed by atoms with Gasteiger partial charge in [0.1, 0.15) is 11.5 Å². The second kappa shape index (κ2) is 4.42. The van der Waals surface area contributed by atoms with Crippen LogP contribution in [-0.4, -0.2) is 20.5 Å². The van der Waals surface area contributed by atoms with Gasteiger partial charge in [0.25, 0.3) is 0 Å². The predicted octanol–water partition coefficient (Wildman–Crippen LogP) is 2.73. The van der Waals surface area contributed by atoms with Gasteiger partial charge in [0.15, 0.2) is 0 Å². The van der Waals surface area contributed by atoms with Gasteiger partial charge in [-0.3, -0.25) is 0 Å². The van der Waals surface area contributed by atoms with Crippen LogP contribution in [0.15, 0.2) is 17.0 Å². The summed E-state index contributed by atoms with van der Waals surface area (Å²) in [6, 6.07) is 4.02. The van der Waals surface area contributed by atoms with E-state index in [2.05, 4.69) is 0 Å². The van der Waals surface area contributed by atoms with E-state index in [1.807, 2.05) is 25.3 Å². The molecule has 0 saturated heterocycles. The first kappa shape index (κ1) is 10.3. The Kier molecular flexibility index (Phi) is 3.48. The molecule has 0 amide bonds. The molecule has 0 aromatic heterocycles. The van der Waals surface area contributed by atoms with E-state index in [0.717, 1.165) is 22.0 Å². The van der Waals surface area contributed by atoms with Crippen LogP contribution < -0.4 is 9.47 Å². The lowest BCUT2D eigenvalue weighted by Gasteiger charge is -2.11. The molecule has 0 bridgehead atoms. The summed E-state index contributed by atoms with van der Waals surface area (Å²) in [6.07, 6.45) is 2.01. The van der Waals surface area contributed by atoms with Gasteiger partial charge in [0, 0.05) is 0 Å². The van der Waals surface area contributed by atoms with Crippen LogP contribution in [0.4, 0.5) is 0 Å². The third-order valence-corrected chi connectivity index (χ3v) is 2.62. The Morgan fingerprint density at radius 1 is 1.08 bits per heavy atom. The smallest absolute Gasteiger partial charge is 0.136 e. The van der Waals surface area contributed by atoms with Crippen molar-refractivity contribution in [3.63, 3.8) is 0 Å². The van der Waals surface area contributed by atoms with Gasteiger partial charge >= 0.3 is 0 Å². The molecule has 72 valence electrons. The van der Waals surface area contributed by atoms with Crippen LogP contribution in [0.5, 0.6) is 11.5 Å². The van der Waals surface area contributed by atoms with Crippen molar-refractivity contribution in [2.45, 2.75) is 11.8 Å². The predicted molar refractivity (Wildman–Crippen MR) is 56.1 cm³/mol. The molecule has 0 fully saturated rings. The van der Waals surface area contributed by atoms with Crippen molar-refractivity contribution in [1.82, 2.24) is 0 Å². The lowest BCUT2D eigenvalue weighted by Crippen LogP contribution is -1.92. The van der Waals surface area contributed by atoms with Crippen LogP contribution >= 0.6 is 11.8 Å². The first-order chi connectivity index (χ1) is 6.22. The third-order valence-electron chi connectivity index (χ3n) is 1.81. The van der Waals surface area contributed by atoms with Crippen LogP contribution in [0.1, 0.15) is 5.56 Å². The molecule has 0 radical (unpaired) electrons. The van der Waals surface area contributed by atoms with Gasteiger partial charge in [0.2, 0.25) is 0 Å². The van der Waals surface area contributed by atoms with Gasteiger partial charge in [-0.15, -0.1) is 11.8 Å². The fourth-order valence-corrected chi connectivity index (χ4v) is 1.90.